The molecule has 24 heavy (non-hydrogen) atoms. The average molecular weight is 335 g/mol. The summed E-state index contributed by atoms with van der Waals surface area (Å²) in [4.78, 5) is 23.4. The minimum absolute atomic E-state index is 0.116. The van der Waals surface area contributed by atoms with Crippen LogP contribution in [0.2, 0.25) is 0 Å². The van der Waals surface area contributed by atoms with E-state index in [1.165, 1.54) is 0 Å². The summed E-state index contributed by atoms with van der Waals surface area (Å²) < 4.78 is 10.4. The largest absolute Gasteiger partial charge is 0.497 e. The van der Waals surface area contributed by atoms with E-state index in [-0.39, 0.29) is 25.0 Å². The first kappa shape index (κ1) is 19.5. The second-order valence-electron chi connectivity index (χ2n) is 5.40. The number of carbonyl (C=O) groups is 2. The number of carbonyl (C=O) groups excluding carboxylic acids is 2. The van der Waals surface area contributed by atoms with Crippen LogP contribution >= 0.6 is 0 Å². The SMILES string of the molecule is CCC(C)NC(=O)C/C(C)=N/NC(=O)COc1ccc(OC)cc1. The molecule has 0 saturated carbocycles. The van der Waals surface area contributed by atoms with Gasteiger partial charge in [-0.15, -0.1) is 0 Å². The monoisotopic (exact) mass is 335 g/mol. The number of ether oxygens (including phenoxy) is 2. The Hall–Kier alpha value is -2.57. The zero-order valence-electron chi connectivity index (χ0n) is 14.6. The molecule has 0 spiro atoms. The first-order valence-electron chi connectivity index (χ1n) is 7.82. The van der Waals surface area contributed by atoms with E-state index in [0.29, 0.717) is 17.2 Å². The third kappa shape index (κ3) is 7.62. The van der Waals surface area contributed by atoms with Crippen molar-refractivity contribution in [3.8, 4) is 11.5 Å². The van der Waals surface area contributed by atoms with Crippen molar-refractivity contribution in [2.24, 2.45) is 5.10 Å². The van der Waals surface area contributed by atoms with Gasteiger partial charge in [0.25, 0.3) is 5.91 Å². The molecule has 1 aromatic carbocycles. The Bertz CT molecular complexity index is 570. The first-order chi connectivity index (χ1) is 11.4. The van der Waals surface area contributed by atoms with Gasteiger partial charge in [0.05, 0.1) is 13.5 Å². The molecule has 2 N–H and O–H groups in total. The van der Waals surface area contributed by atoms with Crippen LogP contribution in [0.3, 0.4) is 0 Å². The van der Waals surface area contributed by atoms with Gasteiger partial charge in [-0.05, 0) is 44.5 Å². The lowest BCUT2D eigenvalue weighted by Crippen LogP contribution is -2.33. The topological polar surface area (TPSA) is 89.0 Å². The van der Waals surface area contributed by atoms with Crippen molar-refractivity contribution in [3.05, 3.63) is 24.3 Å². The third-order valence-electron chi connectivity index (χ3n) is 3.24. The summed E-state index contributed by atoms with van der Waals surface area (Å²) in [7, 11) is 1.58. The summed E-state index contributed by atoms with van der Waals surface area (Å²) in [5.74, 6) is 0.754. The normalized spacial score (nSPS) is 12.2. The predicted octanol–water partition coefficient (Wildman–Crippen LogP) is 1.87. The number of hydrazone groups is 1. The van der Waals surface area contributed by atoms with Crippen LogP contribution in [0.15, 0.2) is 29.4 Å². The van der Waals surface area contributed by atoms with Crippen LogP contribution in [0.1, 0.15) is 33.6 Å². The number of methoxy groups -OCH3 is 1. The Kier molecular flexibility index (Phi) is 8.32. The number of hydrogen-bond donors (Lipinski definition) is 2. The highest BCUT2D eigenvalue weighted by Gasteiger charge is 2.08. The zero-order chi connectivity index (χ0) is 17.9. The Morgan fingerprint density at radius 1 is 1.17 bits per heavy atom. The number of hydrogen-bond acceptors (Lipinski definition) is 5. The molecule has 7 nitrogen and oxygen atoms in total. The molecule has 0 aliphatic heterocycles. The molecule has 0 bridgehead atoms. The molecule has 1 atom stereocenters. The fourth-order valence-electron chi connectivity index (χ4n) is 1.71. The van der Waals surface area contributed by atoms with Gasteiger partial charge in [-0.2, -0.15) is 5.10 Å². The standard InChI is InChI=1S/C17H25N3O4/c1-5-12(2)18-16(21)10-13(3)19-20-17(22)11-24-15-8-6-14(23-4)7-9-15/h6-9,12H,5,10-11H2,1-4H3,(H,18,21)(H,20,22)/b19-13+. The number of amides is 2. The summed E-state index contributed by atoms with van der Waals surface area (Å²) in [6.45, 7) is 5.45. The third-order valence-corrected chi connectivity index (χ3v) is 3.24. The molecular weight excluding hydrogens is 310 g/mol. The van der Waals surface area contributed by atoms with Gasteiger partial charge in [0, 0.05) is 11.8 Å². The molecule has 0 aliphatic carbocycles. The van der Waals surface area contributed by atoms with Gasteiger partial charge in [0.1, 0.15) is 11.5 Å². The van der Waals surface area contributed by atoms with Crippen LogP contribution in [0.4, 0.5) is 0 Å². The van der Waals surface area contributed by atoms with Gasteiger partial charge in [-0.3, -0.25) is 9.59 Å². The summed E-state index contributed by atoms with van der Waals surface area (Å²) in [5, 5.41) is 6.73. The van der Waals surface area contributed by atoms with E-state index < -0.39 is 5.91 Å². The van der Waals surface area contributed by atoms with Crippen LogP contribution in [-0.4, -0.2) is 37.3 Å². The van der Waals surface area contributed by atoms with Crippen LogP contribution in [0.5, 0.6) is 11.5 Å². The van der Waals surface area contributed by atoms with Crippen molar-refractivity contribution in [2.45, 2.75) is 39.7 Å². The van der Waals surface area contributed by atoms with E-state index in [9.17, 15) is 9.59 Å². The van der Waals surface area contributed by atoms with Gasteiger partial charge >= 0.3 is 0 Å². The molecule has 0 aliphatic rings. The maximum absolute atomic E-state index is 11.7. The van der Waals surface area contributed by atoms with Crippen molar-refractivity contribution in [2.75, 3.05) is 13.7 Å². The number of nitrogens with zero attached hydrogens (tertiary/aromatic N) is 1. The maximum Gasteiger partial charge on any atom is 0.277 e. The van der Waals surface area contributed by atoms with E-state index in [1.807, 2.05) is 13.8 Å². The smallest absolute Gasteiger partial charge is 0.277 e. The Morgan fingerprint density at radius 3 is 2.38 bits per heavy atom. The summed E-state index contributed by atoms with van der Waals surface area (Å²) in [6, 6.07) is 7.02. The van der Waals surface area contributed by atoms with Crippen LogP contribution in [0.25, 0.3) is 0 Å². The zero-order valence-corrected chi connectivity index (χ0v) is 14.6. The predicted molar refractivity (Wildman–Crippen MR) is 92.3 cm³/mol. The van der Waals surface area contributed by atoms with Gasteiger partial charge in [-0.1, -0.05) is 6.92 Å². The van der Waals surface area contributed by atoms with Gasteiger partial charge < -0.3 is 14.8 Å². The lowest BCUT2D eigenvalue weighted by molar-refractivity contribution is -0.123. The van der Waals surface area contributed by atoms with E-state index in [1.54, 1.807) is 38.3 Å². The minimum Gasteiger partial charge on any atom is -0.497 e. The van der Waals surface area contributed by atoms with Crippen molar-refractivity contribution in [1.29, 1.82) is 0 Å². The second-order valence-corrected chi connectivity index (χ2v) is 5.40. The van der Waals surface area contributed by atoms with Crippen molar-refractivity contribution < 1.29 is 19.1 Å². The second kappa shape index (κ2) is 10.3. The number of benzene rings is 1. The molecule has 1 aromatic rings. The fourth-order valence-corrected chi connectivity index (χ4v) is 1.71. The molecule has 0 saturated heterocycles. The van der Waals surface area contributed by atoms with E-state index in [2.05, 4.69) is 15.8 Å². The number of rotatable bonds is 9. The van der Waals surface area contributed by atoms with E-state index in [0.717, 1.165) is 6.42 Å². The number of nitrogens with one attached hydrogen (secondary N) is 2. The van der Waals surface area contributed by atoms with Crippen LogP contribution < -0.4 is 20.2 Å². The fraction of sp³-hybridized carbons (Fsp3) is 0.471. The Morgan fingerprint density at radius 2 is 1.79 bits per heavy atom. The Balaban J connectivity index is 2.34. The molecule has 132 valence electrons. The molecule has 0 radical (unpaired) electrons. The summed E-state index contributed by atoms with van der Waals surface area (Å²) >= 11 is 0. The quantitative estimate of drug-likeness (QED) is 0.532. The molecular formula is C17H25N3O4. The summed E-state index contributed by atoms with van der Waals surface area (Å²) in [6.07, 6.45) is 1.01. The van der Waals surface area contributed by atoms with Crippen LogP contribution in [0, 0.1) is 0 Å². The van der Waals surface area contributed by atoms with Crippen LogP contribution in [-0.2, 0) is 9.59 Å². The first-order valence-corrected chi connectivity index (χ1v) is 7.82. The highest BCUT2D eigenvalue weighted by molar-refractivity contribution is 6.00. The minimum atomic E-state index is -0.396. The molecule has 0 heterocycles. The molecule has 1 rings (SSSR count). The summed E-state index contributed by atoms with van der Waals surface area (Å²) in [5.41, 5.74) is 2.89. The van der Waals surface area contributed by atoms with Crippen molar-refractivity contribution in [1.82, 2.24) is 10.7 Å². The lowest BCUT2D eigenvalue weighted by atomic mass is 10.2. The van der Waals surface area contributed by atoms with Gasteiger partial charge in [-0.25, -0.2) is 5.43 Å². The lowest BCUT2D eigenvalue weighted by Gasteiger charge is -2.11. The molecule has 2 amide bonds. The highest BCUT2D eigenvalue weighted by Crippen LogP contribution is 2.16. The average Bonchev–Trinajstić information content (AvgIpc) is 2.58. The molecule has 0 aromatic heterocycles. The molecule has 0 fully saturated rings. The van der Waals surface area contributed by atoms with Crippen molar-refractivity contribution in [3.63, 3.8) is 0 Å². The van der Waals surface area contributed by atoms with Gasteiger partial charge in [0.2, 0.25) is 5.91 Å². The van der Waals surface area contributed by atoms with Crippen molar-refractivity contribution >= 4 is 17.5 Å². The van der Waals surface area contributed by atoms with E-state index >= 15 is 0 Å². The van der Waals surface area contributed by atoms with E-state index in [4.69, 9.17) is 9.47 Å². The highest BCUT2D eigenvalue weighted by atomic mass is 16.5. The van der Waals surface area contributed by atoms with Gasteiger partial charge in [0.15, 0.2) is 6.61 Å². The Labute approximate surface area is 142 Å². The molecule has 7 heteroatoms. The maximum atomic E-state index is 11.7. The molecule has 1 unspecified atom stereocenters.